The lowest BCUT2D eigenvalue weighted by Crippen LogP contribution is -2.07. The van der Waals surface area contributed by atoms with Crippen LogP contribution < -0.4 is 5.32 Å². The minimum Gasteiger partial charge on any atom is -0.349 e. The molecule has 0 saturated heterocycles. The van der Waals surface area contributed by atoms with Crippen LogP contribution in [0.5, 0.6) is 0 Å². The Balaban J connectivity index is 1.67. The SMILES string of the molecule is Fc1ccc(CNc2nnc(-c3ccccc3)c(-c3ccccc3)n2)cc1. The number of nitrogens with one attached hydrogen (secondary N) is 1. The van der Waals surface area contributed by atoms with Crippen LogP contribution in [0.15, 0.2) is 84.9 Å². The van der Waals surface area contributed by atoms with Crippen molar-refractivity contribution < 1.29 is 4.39 Å². The second kappa shape index (κ2) is 7.74. The molecule has 4 nitrogen and oxygen atoms in total. The normalized spacial score (nSPS) is 10.6. The van der Waals surface area contributed by atoms with Crippen LogP contribution in [-0.4, -0.2) is 15.2 Å². The van der Waals surface area contributed by atoms with Gasteiger partial charge in [0.15, 0.2) is 0 Å². The van der Waals surface area contributed by atoms with Gasteiger partial charge in [-0.1, -0.05) is 72.8 Å². The van der Waals surface area contributed by atoms with Gasteiger partial charge in [-0.3, -0.25) is 0 Å². The van der Waals surface area contributed by atoms with Gasteiger partial charge in [0.1, 0.15) is 17.2 Å². The van der Waals surface area contributed by atoms with Crippen molar-refractivity contribution in [1.82, 2.24) is 15.2 Å². The molecule has 0 aliphatic rings. The summed E-state index contributed by atoms with van der Waals surface area (Å²) in [4.78, 5) is 4.69. The van der Waals surface area contributed by atoms with Crippen molar-refractivity contribution >= 4 is 5.95 Å². The van der Waals surface area contributed by atoms with Gasteiger partial charge in [-0.25, -0.2) is 9.37 Å². The van der Waals surface area contributed by atoms with E-state index in [4.69, 9.17) is 4.98 Å². The van der Waals surface area contributed by atoms with E-state index in [0.717, 1.165) is 28.1 Å². The Kier molecular flexibility index (Phi) is 4.83. The summed E-state index contributed by atoms with van der Waals surface area (Å²) in [7, 11) is 0. The average molecular weight is 356 g/mol. The van der Waals surface area contributed by atoms with Crippen molar-refractivity contribution in [3.8, 4) is 22.5 Å². The van der Waals surface area contributed by atoms with Crippen LogP contribution >= 0.6 is 0 Å². The maximum absolute atomic E-state index is 13.0. The minimum atomic E-state index is -0.254. The van der Waals surface area contributed by atoms with Gasteiger partial charge in [0.2, 0.25) is 5.95 Å². The van der Waals surface area contributed by atoms with Crippen LogP contribution in [0, 0.1) is 5.82 Å². The molecule has 1 N–H and O–H groups in total. The first kappa shape index (κ1) is 16.8. The molecule has 0 spiro atoms. The standard InChI is InChI=1S/C22H17FN4/c23-19-13-11-16(12-14-19)15-24-22-25-20(17-7-3-1-4-8-17)21(26-27-22)18-9-5-2-6-10-18/h1-14H,15H2,(H,24,25,27). The first-order chi connectivity index (χ1) is 13.3. The van der Waals surface area contributed by atoms with Gasteiger partial charge in [0.25, 0.3) is 0 Å². The summed E-state index contributed by atoms with van der Waals surface area (Å²) in [5.74, 6) is 0.174. The molecule has 0 saturated carbocycles. The summed E-state index contributed by atoms with van der Waals surface area (Å²) in [6, 6.07) is 26.1. The van der Waals surface area contributed by atoms with Gasteiger partial charge in [-0.2, -0.15) is 0 Å². The highest BCUT2D eigenvalue weighted by molar-refractivity contribution is 5.77. The molecule has 0 unspecified atom stereocenters. The number of aromatic nitrogens is 3. The number of nitrogens with zero attached hydrogens (tertiary/aromatic N) is 3. The zero-order valence-corrected chi connectivity index (χ0v) is 14.5. The van der Waals surface area contributed by atoms with E-state index in [1.54, 1.807) is 12.1 Å². The van der Waals surface area contributed by atoms with Crippen LogP contribution in [0.1, 0.15) is 5.56 Å². The fourth-order valence-electron chi connectivity index (χ4n) is 2.77. The van der Waals surface area contributed by atoms with Crippen molar-refractivity contribution in [2.45, 2.75) is 6.54 Å². The highest BCUT2D eigenvalue weighted by atomic mass is 19.1. The maximum Gasteiger partial charge on any atom is 0.243 e. The van der Waals surface area contributed by atoms with Gasteiger partial charge < -0.3 is 5.32 Å². The number of halogens is 1. The van der Waals surface area contributed by atoms with Crippen molar-refractivity contribution in [3.63, 3.8) is 0 Å². The third-order valence-corrected chi connectivity index (χ3v) is 4.15. The Morgan fingerprint density at radius 2 is 1.26 bits per heavy atom. The molecule has 1 heterocycles. The predicted octanol–water partition coefficient (Wildman–Crippen LogP) is 4.96. The lowest BCUT2D eigenvalue weighted by atomic mass is 10.0. The molecule has 0 atom stereocenters. The highest BCUT2D eigenvalue weighted by Gasteiger charge is 2.13. The molecule has 0 amide bonds. The van der Waals surface area contributed by atoms with Crippen molar-refractivity contribution in [3.05, 3.63) is 96.3 Å². The monoisotopic (exact) mass is 356 g/mol. The van der Waals surface area contributed by atoms with Crippen LogP contribution in [-0.2, 0) is 6.54 Å². The van der Waals surface area contributed by atoms with Crippen LogP contribution in [0.25, 0.3) is 22.5 Å². The van der Waals surface area contributed by atoms with E-state index in [1.165, 1.54) is 12.1 Å². The van der Waals surface area contributed by atoms with E-state index in [2.05, 4.69) is 15.5 Å². The molecular formula is C22H17FN4. The average Bonchev–Trinajstić information content (AvgIpc) is 2.74. The molecule has 5 heteroatoms. The van der Waals surface area contributed by atoms with Crippen LogP contribution in [0.3, 0.4) is 0 Å². The molecule has 27 heavy (non-hydrogen) atoms. The van der Waals surface area contributed by atoms with Gasteiger partial charge >= 0.3 is 0 Å². The molecule has 0 aliphatic carbocycles. The zero-order chi connectivity index (χ0) is 18.5. The third-order valence-electron chi connectivity index (χ3n) is 4.15. The van der Waals surface area contributed by atoms with E-state index in [0.29, 0.717) is 12.5 Å². The van der Waals surface area contributed by atoms with Gasteiger partial charge in [-0.05, 0) is 17.7 Å². The summed E-state index contributed by atoms with van der Waals surface area (Å²) >= 11 is 0. The third kappa shape index (κ3) is 3.98. The van der Waals surface area contributed by atoms with E-state index in [9.17, 15) is 4.39 Å². The molecule has 4 rings (SSSR count). The van der Waals surface area contributed by atoms with Crippen molar-refractivity contribution in [2.75, 3.05) is 5.32 Å². The Labute approximate surface area is 156 Å². The Bertz CT molecular complexity index is 1020. The smallest absolute Gasteiger partial charge is 0.243 e. The molecule has 0 bridgehead atoms. The van der Waals surface area contributed by atoms with Gasteiger partial charge in [-0.15, -0.1) is 10.2 Å². The fourth-order valence-corrected chi connectivity index (χ4v) is 2.77. The summed E-state index contributed by atoms with van der Waals surface area (Å²) in [6.45, 7) is 0.487. The maximum atomic E-state index is 13.0. The summed E-state index contributed by atoms with van der Waals surface area (Å²) in [5.41, 5.74) is 4.36. The summed E-state index contributed by atoms with van der Waals surface area (Å²) in [5, 5.41) is 11.8. The first-order valence-electron chi connectivity index (χ1n) is 8.63. The molecular weight excluding hydrogens is 339 g/mol. The molecule has 0 fully saturated rings. The molecule has 132 valence electrons. The molecule has 1 aromatic heterocycles. The topological polar surface area (TPSA) is 50.7 Å². The second-order valence-electron chi connectivity index (χ2n) is 6.04. The largest absolute Gasteiger partial charge is 0.349 e. The quantitative estimate of drug-likeness (QED) is 0.549. The first-order valence-corrected chi connectivity index (χ1v) is 8.63. The number of hydrogen-bond acceptors (Lipinski definition) is 4. The number of hydrogen-bond donors (Lipinski definition) is 1. The highest BCUT2D eigenvalue weighted by Crippen LogP contribution is 2.28. The molecule has 0 aliphatic heterocycles. The van der Waals surface area contributed by atoms with Crippen molar-refractivity contribution in [1.29, 1.82) is 0 Å². The fraction of sp³-hybridized carbons (Fsp3) is 0.0455. The van der Waals surface area contributed by atoms with E-state index >= 15 is 0 Å². The number of anilines is 1. The van der Waals surface area contributed by atoms with Gasteiger partial charge in [0, 0.05) is 17.7 Å². The zero-order valence-electron chi connectivity index (χ0n) is 14.5. The van der Waals surface area contributed by atoms with Crippen molar-refractivity contribution in [2.24, 2.45) is 0 Å². The lowest BCUT2D eigenvalue weighted by molar-refractivity contribution is 0.627. The number of rotatable bonds is 5. The molecule has 0 radical (unpaired) electrons. The predicted molar refractivity (Wildman–Crippen MR) is 104 cm³/mol. The van der Waals surface area contributed by atoms with Gasteiger partial charge in [0.05, 0.1) is 0 Å². The van der Waals surface area contributed by atoms with Crippen LogP contribution in [0.4, 0.5) is 10.3 Å². The van der Waals surface area contributed by atoms with E-state index in [1.807, 2.05) is 60.7 Å². The Morgan fingerprint density at radius 1 is 0.667 bits per heavy atom. The van der Waals surface area contributed by atoms with E-state index < -0.39 is 0 Å². The molecule has 3 aromatic carbocycles. The van der Waals surface area contributed by atoms with E-state index in [-0.39, 0.29) is 5.82 Å². The Morgan fingerprint density at radius 3 is 1.89 bits per heavy atom. The second-order valence-corrected chi connectivity index (χ2v) is 6.04. The number of benzene rings is 3. The Hall–Kier alpha value is -3.60. The van der Waals surface area contributed by atoms with Crippen LogP contribution in [0.2, 0.25) is 0 Å². The minimum absolute atomic E-state index is 0.254. The molecule has 4 aromatic rings. The summed E-state index contributed by atoms with van der Waals surface area (Å²) in [6.07, 6.45) is 0. The lowest BCUT2D eigenvalue weighted by Gasteiger charge is -2.10. The summed E-state index contributed by atoms with van der Waals surface area (Å²) < 4.78 is 13.0.